The molecule has 1 saturated carbocycles. The van der Waals surface area contributed by atoms with Crippen LogP contribution in [-0.4, -0.2) is 15.6 Å². The lowest BCUT2D eigenvalue weighted by Gasteiger charge is -2.40. The first-order valence-corrected chi connectivity index (χ1v) is 5.73. The van der Waals surface area contributed by atoms with Crippen LogP contribution in [0.2, 0.25) is 0 Å². The maximum atomic E-state index is 2.30. The second kappa shape index (κ2) is 3.17. The minimum atomic E-state index is 0.568. The van der Waals surface area contributed by atoms with Gasteiger partial charge in [-0.3, -0.25) is 0 Å². The highest BCUT2D eigenvalue weighted by Gasteiger charge is 2.36. The molecular weight excluding hydrogens is 166 g/mol. The van der Waals surface area contributed by atoms with Gasteiger partial charge in [-0.2, -0.15) is 11.8 Å². The highest BCUT2D eigenvalue weighted by atomic mass is 32.2. The Morgan fingerprint density at radius 1 is 1.33 bits per heavy atom. The van der Waals surface area contributed by atoms with Crippen molar-refractivity contribution in [1.82, 2.24) is 4.57 Å². The molecule has 1 heterocycles. The number of aromatic nitrogens is 1. The summed E-state index contributed by atoms with van der Waals surface area (Å²) in [7, 11) is 0. The fourth-order valence-electron chi connectivity index (χ4n) is 1.81. The lowest BCUT2D eigenvalue weighted by molar-refractivity contribution is 0.322. The van der Waals surface area contributed by atoms with Crippen molar-refractivity contribution in [3.63, 3.8) is 0 Å². The Labute approximate surface area is 78.2 Å². The molecule has 1 nitrogen and oxygen atoms in total. The van der Waals surface area contributed by atoms with Gasteiger partial charge in [0.05, 0.1) is 0 Å². The second-order valence-corrected chi connectivity index (χ2v) is 4.87. The highest BCUT2D eigenvalue weighted by Crippen LogP contribution is 2.43. The summed E-state index contributed by atoms with van der Waals surface area (Å²) >= 11 is 2.04. The van der Waals surface area contributed by atoms with E-state index >= 15 is 0 Å². The third kappa shape index (κ3) is 1.40. The smallest absolute Gasteiger partial charge is 0.0367 e. The van der Waals surface area contributed by atoms with Crippen LogP contribution in [0.4, 0.5) is 0 Å². The molecule has 1 aromatic rings. The predicted molar refractivity (Wildman–Crippen MR) is 54.5 cm³/mol. The summed E-state index contributed by atoms with van der Waals surface area (Å²) in [5.41, 5.74) is 0. The van der Waals surface area contributed by atoms with E-state index in [1.165, 1.54) is 25.8 Å². The first-order valence-electron chi connectivity index (χ1n) is 4.51. The van der Waals surface area contributed by atoms with E-state index in [0.29, 0.717) is 4.75 Å². The Balaban J connectivity index is 2.01. The summed E-state index contributed by atoms with van der Waals surface area (Å²) < 4.78 is 2.87. The van der Waals surface area contributed by atoms with Crippen molar-refractivity contribution in [2.45, 2.75) is 30.6 Å². The number of hydrogen-bond acceptors (Lipinski definition) is 1. The molecule has 1 aliphatic carbocycles. The summed E-state index contributed by atoms with van der Waals surface area (Å²) in [6, 6.07) is 4.21. The number of rotatable bonds is 3. The van der Waals surface area contributed by atoms with Crippen LogP contribution in [0, 0.1) is 0 Å². The molecule has 0 amide bonds. The molecule has 1 aliphatic rings. The third-order valence-electron chi connectivity index (χ3n) is 2.83. The van der Waals surface area contributed by atoms with Crippen LogP contribution in [0.15, 0.2) is 24.5 Å². The van der Waals surface area contributed by atoms with E-state index < -0.39 is 0 Å². The Bertz CT molecular complexity index is 231. The van der Waals surface area contributed by atoms with Crippen LogP contribution in [0.3, 0.4) is 0 Å². The van der Waals surface area contributed by atoms with Crippen molar-refractivity contribution >= 4 is 11.8 Å². The SMILES string of the molecule is CSC1(Cn2cccc2)CCC1. The van der Waals surface area contributed by atoms with Crippen molar-refractivity contribution in [3.8, 4) is 0 Å². The van der Waals surface area contributed by atoms with Crippen LogP contribution in [-0.2, 0) is 6.54 Å². The van der Waals surface area contributed by atoms with Crippen LogP contribution in [0.25, 0.3) is 0 Å². The van der Waals surface area contributed by atoms with Crippen molar-refractivity contribution in [3.05, 3.63) is 24.5 Å². The molecule has 1 fully saturated rings. The van der Waals surface area contributed by atoms with Crippen molar-refractivity contribution < 1.29 is 0 Å². The van der Waals surface area contributed by atoms with E-state index in [4.69, 9.17) is 0 Å². The van der Waals surface area contributed by atoms with Gasteiger partial charge in [-0.1, -0.05) is 6.42 Å². The largest absolute Gasteiger partial charge is 0.353 e. The van der Waals surface area contributed by atoms with Crippen molar-refractivity contribution in [2.24, 2.45) is 0 Å². The molecule has 1 aromatic heterocycles. The maximum absolute atomic E-state index is 2.30. The van der Waals surface area contributed by atoms with Gasteiger partial charge in [0.2, 0.25) is 0 Å². The van der Waals surface area contributed by atoms with Gasteiger partial charge in [-0.05, 0) is 31.2 Å². The van der Waals surface area contributed by atoms with E-state index in [0.717, 1.165) is 0 Å². The highest BCUT2D eigenvalue weighted by molar-refractivity contribution is 8.00. The van der Waals surface area contributed by atoms with E-state index in [9.17, 15) is 0 Å². The molecule has 0 spiro atoms. The molecule has 0 radical (unpaired) electrons. The molecule has 0 aliphatic heterocycles. The Kier molecular flexibility index (Phi) is 2.18. The molecule has 0 saturated heterocycles. The van der Waals surface area contributed by atoms with Gasteiger partial charge in [0.25, 0.3) is 0 Å². The number of thioether (sulfide) groups is 1. The second-order valence-electron chi connectivity index (χ2n) is 3.60. The first-order chi connectivity index (χ1) is 5.85. The van der Waals surface area contributed by atoms with Gasteiger partial charge in [0, 0.05) is 23.7 Å². The molecule has 12 heavy (non-hydrogen) atoms. The standard InChI is InChI=1S/C10H15NS/c1-12-10(5-4-6-10)9-11-7-2-3-8-11/h2-3,7-8H,4-6,9H2,1H3. The van der Waals surface area contributed by atoms with Gasteiger partial charge < -0.3 is 4.57 Å². The zero-order valence-electron chi connectivity index (χ0n) is 7.49. The van der Waals surface area contributed by atoms with Gasteiger partial charge in [0.1, 0.15) is 0 Å². The summed E-state index contributed by atoms with van der Waals surface area (Å²) in [4.78, 5) is 0. The maximum Gasteiger partial charge on any atom is 0.0367 e. The summed E-state index contributed by atoms with van der Waals surface area (Å²) in [6.45, 7) is 1.20. The minimum Gasteiger partial charge on any atom is -0.353 e. The Morgan fingerprint density at radius 3 is 2.42 bits per heavy atom. The lowest BCUT2D eigenvalue weighted by Crippen LogP contribution is -2.37. The Hall–Kier alpha value is -0.370. The summed E-state index contributed by atoms with van der Waals surface area (Å²) in [5, 5.41) is 0. The molecule has 0 bridgehead atoms. The third-order valence-corrected chi connectivity index (χ3v) is 4.24. The molecule has 0 N–H and O–H groups in total. The van der Waals surface area contributed by atoms with Gasteiger partial charge in [-0.25, -0.2) is 0 Å². The predicted octanol–water partition coefficient (Wildman–Crippen LogP) is 2.77. The fourth-order valence-corrected chi connectivity index (χ4v) is 2.78. The zero-order chi connectivity index (χ0) is 8.44. The molecule has 0 unspecified atom stereocenters. The van der Waals surface area contributed by atoms with E-state index in [1.54, 1.807) is 0 Å². The zero-order valence-corrected chi connectivity index (χ0v) is 8.31. The topological polar surface area (TPSA) is 4.93 Å². The van der Waals surface area contributed by atoms with Crippen LogP contribution >= 0.6 is 11.8 Å². The van der Waals surface area contributed by atoms with Gasteiger partial charge >= 0.3 is 0 Å². The summed E-state index contributed by atoms with van der Waals surface area (Å²) in [5.74, 6) is 0. The molecule has 0 aromatic carbocycles. The molecule has 2 rings (SSSR count). The van der Waals surface area contributed by atoms with Crippen molar-refractivity contribution in [2.75, 3.05) is 6.26 Å². The van der Waals surface area contributed by atoms with E-state index in [2.05, 4.69) is 35.3 Å². The normalized spacial score (nSPS) is 20.4. The van der Waals surface area contributed by atoms with Gasteiger partial charge in [0.15, 0.2) is 0 Å². The van der Waals surface area contributed by atoms with Crippen LogP contribution < -0.4 is 0 Å². The number of hydrogen-bond donors (Lipinski definition) is 0. The average Bonchev–Trinajstić information content (AvgIpc) is 2.49. The Morgan fingerprint density at radius 2 is 2.00 bits per heavy atom. The number of nitrogens with zero attached hydrogens (tertiary/aromatic N) is 1. The lowest BCUT2D eigenvalue weighted by atomic mass is 9.84. The van der Waals surface area contributed by atoms with Crippen LogP contribution in [0.1, 0.15) is 19.3 Å². The van der Waals surface area contributed by atoms with Gasteiger partial charge in [-0.15, -0.1) is 0 Å². The quantitative estimate of drug-likeness (QED) is 0.694. The monoisotopic (exact) mass is 181 g/mol. The molecular formula is C10H15NS. The molecule has 66 valence electrons. The molecule has 2 heteroatoms. The van der Waals surface area contributed by atoms with Crippen LogP contribution in [0.5, 0.6) is 0 Å². The van der Waals surface area contributed by atoms with Crippen molar-refractivity contribution in [1.29, 1.82) is 0 Å². The van der Waals surface area contributed by atoms with E-state index in [-0.39, 0.29) is 0 Å². The van der Waals surface area contributed by atoms with E-state index in [1.807, 2.05) is 11.8 Å². The average molecular weight is 181 g/mol. The first kappa shape index (κ1) is 8.24. The summed E-state index contributed by atoms with van der Waals surface area (Å²) in [6.07, 6.45) is 10.8. The molecule has 0 atom stereocenters. The fraction of sp³-hybridized carbons (Fsp3) is 0.600. The minimum absolute atomic E-state index is 0.568.